The van der Waals surface area contributed by atoms with Crippen LogP contribution in [0, 0.1) is 16.0 Å². The first-order chi connectivity index (χ1) is 8.56. The van der Waals surface area contributed by atoms with Crippen LogP contribution in [-0.2, 0) is 0 Å². The molecular weight excluding hydrogens is 250 g/mol. The van der Waals surface area contributed by atoms with Crippen LogP contribution in [0.25, 0.3) is 0 Å². The summed E-state index contributed by atoms with van der Waals surface area (Å²) in [6.07, 6.45) is 4.92. The van der Waals surface area contributed by atoms with E-state index in [0.717, 1.165) is 10.9 Å². The zero-order valence-corrected chi connectivity index (χ0v) is 11.2. The van der Waals surface area contributed by atoms with E-state index in [0.29, 0.717) is 5.25 Å². The summed E-state index contributed by atoms with van der Waals surface area (Å²) in [7, 11) is 0. The molecule has 6 heteroatoms. The van der Waals surface area contributed by atoms with Gasteiger partial charge in [0.05, 0.1) is 9.95 Å². The third kappa shape index (κ3) is 3.13. The highest BCUT2D eigenvalue weighted by molar-refractivity contribution is 7.99. The molecule has 2 N–H and O–H groups in total. The SMILES string of the molecule is CC1CCCC(Sc2ccc([N+](=O)[O-])c(N)n2)C1. The van der Waals surface area contributed by atoms with E-state index < -0.39 is 4.92 Å². The molecule has 1 aliphatic carbocycles. The van der Waals surface area contributed by atoms with Crippen LogP contribution >= 0.6 is 11.8 Å². The summed E-state index contributed by atoms with van der Waals surface area (Å²) in [6, 6.07) is 3.13. The second-order valence-corrected chi connectivity index (χ2v) is 6.14. The zero-order chi connectivity index (χ0) is 13.1. The number of nitro groups is 1. The summed E-state index contributed by atoms with van der Waals surface area (Å²) in [5.74, 6) is 0.764. The largest absolute Gasteiger partial charge is 0.378 e. The fraction of sp³-hybridized carbons (Fsp3) is 0.583. The number of hydrogen-bond donors (Lipinski definition) is 1. The van der Waals surface area contributed by atoms with Gasteiger partial charge in [0.25, 0.3) is 0 Å². The minimum absolute atomic E-state index is 0.00820. The molecule has 1 saturated carbocycles. The standard InChI is InChI=1S/C12H17N3O2S/c1-8-3-2-4-9(7-8)18-11-6-5-10(15(16)17)12(13)14-11/h5-6,8-9H,2-4,7H2,1H3,(H2,13,14). The molecule has 1 fully saturated rings. The first-order valence-electron chi connectivity index (χ1n) is 6.14. The molecule has 0 aliphatic heterocycles. The second-order valence-electron chi connectivity index (χ2n) is 4.82. The molecule has 1 aliphatic rings. The van der Waals surface area contributed by atoms with E-state index >= 15 is 0 Å². The van der Waals surface area contributed by atoms with Gasteiger partial charge in [-0.1, -0.05) is 19.8 Å². The Morgan fingerprint density at radius 2 is 2.28 bits per heavy atom. The van der Waals surface area contributed by atoms with Gasteiger partial charge in [0.1, 0.15) is 0 Å². The molecule has 0 amide bonds. The minimum atomic E-state index is -0.501. The lowest BCUT2D eigenvalue weighted by Crippen LogP contribution is -2.15. The van der Waals surface area contributed by atoms with Gasteiger partial charge in [0.2, 0.25) is 5.82 Å². The van der Waals surface area contributed by atoms with Crippen LogP contribution in [0.5, 0.6) is 0 Å². The Balaban J connectivity index is 2.05. The van der Waals surface area contributed by atoms with E-state index in [4.69, 9.17) is 5.73 Å². The first-order valence-corrected chi connectivity index (χ1v) is 7.02. The van der Waals surface area contributed by atoms with Gasteiger partial charge < -0.3 is 5.73 Å². The Morgan fingerprint density at radius 1 is 1.50 bits per heavy atom. The molecule has 1 aromatic heterocycles. The van der Waals surface area contributed by atoms with Crippen LogP contribution < -0.4 is 5.73 Å². The maximum Gasteiger partial charge on any atom is 0.311 e. The molecule has 2 rings (SSSR count). The van der Waals surface area contributed by atoms with Gasteiger partial charge in [-0.3, -0.25) is 10.1 Å². The number of pyridine rings is 1. The molecule has 0 bridgehead atoms. The summed E-state index contributed by atoms with van der Waals surface area (Å²) in [5.41, 5.74) is 5.47. The molecule has 1 aromatic rings. The van der Waals surface area contributed by atoms with Crippen LogP contribution in [0.3, 0.4) is 0 Å². The van der Waals surface area contributed by atoms with Crippen molar-refractivity contribution in [3.63, 3.8) is 0 Å². The van der Waals surface area contributed by atoms with Crippen molar-refractivity contribution in [3.8, 4) is 0 Å². The van der Waals surface area contributed by atoms with Crippen molar-refractivity contribution in [1.29, 1.82) is 0 Å². The van der Waals surface area contributed by atoms with E-state index in [9.17, 15) is 10.1 Å². The number of nitrogens with two attached hydrogens (primary N) is 1. The van der Waals surface area contributed by atoms with Crippen molar-refractivity contribution >= 4 is 23.3 Å². The molecule has 0 aromatic carbocycles. The quantitative estimate of drug-likeness (QED) is 0.671. The minimum Gasteiger partial charge on any atom is -0.378 e. The molecule has 5 nitrogen and oxygen atoms in total. The number of nitrogen functional groups attached to an aromatic ring is 1. The van der Waals surface area contributed by atoms with Crippen molar-refractivity contribution in [1.82, 2.24) is 4.98 Å². The molecule has 18 heavy (non-hydrogen) atoms. The lowest BCUT2D eigenvalue weighted by Gasteiger charge is -2.25. The fourth-order valence-corrected chi connectivity index (χ4v) is 3.67. The summed E-state index contributed by atoms with van der Waals surface area (Å²) >= 11 is 1.69. The van der Waals surface area contributed by atoms with E-state index in [2.05, 4.69) is 11.9 Å². The number of aromatic nitrogens is 1. The molecule has 2 unspecified atom stereocenters. The van der Waals surface area contributed by atoms with E-state index in [-0.39, 0.29) is 11.5 Å². The Bertz CT molecular complexity index is 453. The molecule has 0 radical (unpaired) electrons. The maximum atomic E-state index is 10.6. The average Bonchev–Trinajstić information content (AvgIpc) is 2.28. The third-order valence-electron chi connectivity index (χ3n) is 3.25. The summed E-state index contributed by atoms with van der Waals surface area (Å²) < 4.78 is 0. The molecular formula is C12H17N3O2S. The van der Waals surface area contributed by atoms with Crippen LogP contribution in [0.2, 0.25) is 0 Å². The number of hydrogen-bond acceptors (Lipinski definition) is 5. The Morgan fingerprint density at radius 3 is 2.89 bits per heavy atom. The predicted octanol–water partition coefficient (Wildman–Crippen LogP) is 3.24. The van der Waals surface area contributed by atoms with E-state index in [1.807, 2.05) is 0 Å². The predicted molar refractivity (Wildman–Crippen MR) is 72.6 cm³/mol. The van der Waals surface area contributed by atoms with Crippen LogP contribution in [0.15, 0.2) is 17.2 Å². The third-order valence-corrected chi connectivity index (χ3v) is 4.48. The van der Waals surface area contributed by atoms with E-state index in [1.165, 1.54) is 31.7 Å². The van der Waals surface area contributed by atoms with Crippen LogP contribution in [-0.4, -0.2) is 15.2 Å². The number of anilines is 1. The molecule has 0 saturated heterocycles. The summed E-state index contributed by atoms with van der Waals surface area (Å²) in [5, 5.41) is 12.0. The summed E-state index contributed by atoms with van der Waals surface area (Å²) in [4.78, 5) is 14.3. The first kappa shape index (κ1) is 13.1. The summed E-state index contributed by atoms with van der Waals surface area (Å²) in [6.45, 7) is 2.27. The highest BCUT2D eigenvalue weighted by Crippen LogP contribution is 2.36. The lowest BCUT2D eigenvalue weighted by atomic mass is 9.91. The molecule has 2 atom stereocenters. The van der Waals surface area contributed by atoms with Crippen molar-refractivity contribution < 1.29 is 4.92 Å². The highest BCUT2D eigenvalue weighted by Gasteiger charge is 2.21. The van der Waals surface area contributed by atoms with E-state index in [1.54, 1.807) is 17.8 Å². The normalized spacial score (nSPS) is 23.8. The van der Waals surface area contributed by atoms with Crippen LogP contribution in [0.1, 0.15) is 32.6 Å². The van der Waals surface area contributed by atoms with Crippen molar-refractivity contribution in [2.45, 2.75) is 42.9 Å². The van der Waals surface area contributed by atoms with Gasteiger partial charge >= 0.3 is 5.69 Å². The van der Waals surface area contributed by atoms with Gasteiger partial charge in [-0.15, -0.1) is 11.8 Å². The Labute approximate surface area is 110 Å². The number of nitrogens with zero attached hydrogens (tertiary/aromatic N) is 2. The van der Waals surface area contributed by atoms with Crippen molar-refractivity contribution in [3.05, 3.63) is 22.2 Å². The van der Waals surface area contributed by atoms with Gasteiger partial charge in [-0.25, -0.2) is 4.98 Å². The van der Waals surface area contributed by atoms with Gasteiger partial charge in [0.15, 0.2) is 0 Å². The molecule has 98 valence electrons. The maximum absolute atomic E-state index is 10.6. The van der Waals surface area contributed by atoms with Crippen molar-refractivity contribution in [2.24, 2.45) is 5.92 Å². The topological polar surface area (TPSA) is 82.0 Å². The zero-order valence-electron chi connectivity index (χ0n) is 10.3. The van der Waals surface area contributed by atoms with Gasteiger partial charge in [0, 0.05) is 11.3 Å². The van der Waals surface area contributed by atoms with Crippen LogP contribution in [0.4, 0.5) is 11.5 Å². The molecule has 1 heterocycles. The average molecular weight is 267 g/mol. The number of thioether (sulfide) groups is 1. The lowest BCUT2D eigenvalue weighted by molar-refractivity contribution is -0.384. The number of rotatable bonds is 3. The van der Waals surface area contributed by atoms with Gasteiger partial charge in [-0.2, -0.15) is 0 Å². The Hall–Kier alpha value is -1.30. The fourth-order valence-electron chi connectivity index (χ4n) is 2.33. The smallest absolute Gasteiger partial charge is 0.311 e. The second kappa shape index (κ2) is 5.56. The highest BCUT2D eigenvalue weighted by atomic mass is 32.2. The monoisotopic (exact) mass is 267 g/mol. The van der Waals surface area contributed by atoms with Gasteiger partial charge in [-0.05, 0) is 24.8 Å². The Kier molecular flexibility index (Phi) is 4.06. The molecule has 0 spiro atoms. The van der Waals surface area contributed by atoms with Crippen molar-refractivity contribution in [2.75, 3.05) is 5.73 Å².